The van der Waals surface area contributed by atoms with E-state index in [4.69, 9.17) is 0 Å². The molecule has 0 saturated carbocycles. The molecule has 0 aromatic heterocycles. The van der Waals surface area contributed by atoms with E-state index in [2.05, 4.69) is 6.07 Å². The maximum Gasteiger partial charge on any atom is 0.0966 e. The van der Waals surface area contributed by atoms with Gasteiger partial charge in [-0.25, -0.2) is 0 Å². The second kappa shape index (κ2) is 2.86. The highest BCUT2D eigenvalue weighted by molar-refractivity contribution is 5.57. The molecule has 1 aromatic carbocycles. The first kappa shape index (κ1) is 7.17. The Hall–Kier alpha value is -1.50. The van der Waals surface area contributed by atoms with Gasteiger partial charge in [-0.3, -0.25) is 0 Å². The first-order valence-corrected chi connectivity index (χ1v) is 4.00. The van der Waals surface area contributed by atoms with E-state index in [1.807, 2.05) is 30.4 Å². The SMILES string of the molecule is OC1=CC=Cc2ccccc2C1. The lowest BCUT2D eigenvalue weighted by Crippen LogP contribution is -1.89. The van der Waals surface area contributed by atoms with Gasteiger partial charge < -0.3 is 5.11 Å². The van der Waals surface area contributed by atoms with Crippen LogP contribution in [-0.4, -0.2) is 5.11 Å². The van der Waals surface area contributed by atoms with E-state index in [-0.39, 0.29) is 0 Å². The quantitative estimate of drug-likeness (QED) is 0.615. The first-order valence-electron chi connectivity index (χ1n) is 4.00. The molecule has 1 heteroatoms. The number of allylic oxidation sites excluding steroid dienone is 3. The third kappa shape index (κ3) is 1.26. The molecule has 1 aliphatic rings. The highest BCUT2D eigenvalue weighted by Gasteiger charge is 2.03. The van der Waals surface area contributed by atoms with Crippen LogP contribution in [0.4, 0.5) is 0 Å². The van der Waals surface area contributed by atoms with Crippen LogP contribution >= 0.6 is 0 Å². The van der Waals surface area contributed by atoms with Crippen molar-refractivity contribution in [3.8, 4) is 0 Å². The topological polar surface area (TPSA) is 20.2 Å². The Morgan fingerprint density at radius 1 is 1.17 bits per heavy atom. The lowest BCUT2D eigenvalue weighted by Gasteiger charge is -2.01. The molecule has 1 N–H and O–H groups in total. The van der Waals surface area contributed by atoms with Gasteiger partial charge in [0.1, 0.15) is 0 Å². The van der Waals surface area contributed by atoms with Crippen LogP contribution in [0.25, 0.3) is 6.08 Å². The molecule has 60 valence electrons. The molecule has 0 radical (unpaired) electrons. The summed E-state index contributed by atoms with van der Waals surface area (Å²) in [7, 11) is 0. The minimum absolute atomic E-state index is 0.427. The summed E-state index contributed by atoms with van der Waals surface area (Å²) >= 11 is 0. The van der Waals surface area contributed by atoms with Crippen LogP contribution in [0.15, 0.2) is 42.2 Å². The molecule has 1 nitrogen and oxygen atoms in total. The molecule has 0 atom stereocenters. The molecule has 1 aliphatic carbocycles. The lowest BCUT2D eigenvalue weighted by atomic mass is 10.1. The van der Waals surface area contributed by atoms with Crippen LogP contribution in [0.3, 0.4) is 0 Å². The van der Waals surface area contributed by atoms with Gasteiger partial charge in [-0.05, 0) is 17.2 Å². The van der Waals surface area contributed by atoms with E-state index in [1.165, 1.54) is 11.1 Å². The number of hydrogen-bond donors (Lipinski definition) is 1. The maximum absolute atomic E-state index is 9.35. The zero-order chi connectivity index (χ0) is 8.39. The largest absolute Gasteiger partial charge is 0.512 e. The van der Waals surface area contributed by atoms with Gasteiger partial charge in [0.15, 0.2) is 0 Å². The smallest absolute Gasteiger partial charge is 0.0966 e. The number of rotatable bonds is 0. The van der Waals surface area contributed by atoms with Gasteiger partial charge in [0.25, 0.3) is 0 Å². The van der Waals surface area contributed by atoms with E-state index in [9.17, 15) is 5.11 Å². The summed E-state index contributed by atoms with van der Waals surface area (Å²) in [6.45, 7) is 0. The summed E-state index contributed by atoms with van der Waals surface area (Å²) in [4.78, 5) is 0. The minimum atomic E-state index is 0.427. The van der Waals surface area contributed by atoms with Gasteiger partial charge in [0.05, 0.1) is 5.76 Å². The van der Waals surface area contributed by atoms with E-state index in [1.54, 1.807) is 6.08 Å². The standard InChI is InChI=1S/C11H10O/c12-11-7-3-6-9-4-1-2-5-10(9)8-11/h1-7,12H,8H2. The molecular formula is C11H10O. The molecule has 0 bridgehead atoms. The van der Waals surface area contributed by atoms with Crippen molar-refractivity contribution in [2.45, 2.75) is 6.42 Å². The molecule has 0 spiro atoms. The Labute approximate surface area is 71.7 Å². The van der Waals surface area contributed by atoms with Crippen molar-refractivity contribution in [1.29, 1.82) is 0 Å². The van der Waals surface area contributed by atoms with Crippen LogP contribution in [0, 0.1) is 0 Å². The molecular weight excluding hydrogens is 148 g/mol. The fourth-order valence-electron chi connectivity index (χ4n) is 1.37. The summed E-state index contributed by atoms with van der Waals surface area (Å²) in [5.41, 5.74) is 2.37. The van der Waals surface area contributed by atoms with Gasteiger partial charge in [-0.2, -0.15) is 0 Å². The monoisotopic (exact) mass is 158 g/mol. The molecule has 2 rings (SSSR count). The van der Waals surface area contributed by atoms with Crippen molar-refractivity contribution in [2.24, 2.45) is 0 Å². The lowest BCUT2D eigenvalue weighted by molar-refractivity contribution is 0.399. The number of benzene rings is 1. The van der Waals surface area contributed by atoms with Crippen molar-refractivity contribution in [2.75, 3.05) is 0 Å². The van der Waals surface area contributed by atoms with Crippen LogP contribution in [0.1, 0.15) is 11.1 Å². The molecule has 1 aromatic rings. The van der Waals surface area contributed by atoms with Crippen LogP contribution in [0.2, 0.25) is 0 Å². The van der Waals surface area contributed by atoms with Crippen molar-refractivity contribution >= 4 is 6.08 Å². The zero-order valence-corrected chi connectivity index (χ0v) is 6.70. The third-order valence-electron chi connectivity index (χ3n) is 1.99. The Morgan fingerprint density at radius 2 is 2.00 bits per heavy atom. The molecule has 0 aliphatic heterocycles. The highest BCUT2D eigenvalue weighted by Crippen LogP contribution is 2.17. The number of fused-ring (bicyclic) bond motifs is 1. The van der Waals surface area contributed by atoms with Crippen molar-refractivity contribution in [3.05, 3.63) is 53.3 Å². The minimum Gasteiger partial charge on any atom is -0.512 e. The summed E-state index contributed by atoms with van der Waals surface area (Å²) in [5.74, 6) is 0.427. The van der Waals surface area contributed by atoms with E-state index < -0.39 is 0 Å². The molecule has 0 unspecified atom stereocenters. The number of aliphatic hydroxyl groups excluding tert-OH is 1. The summed E-state index contributed by atoms with van der Waals surface area (Å²) in [6.07, 6.45) is 6.27. The van der Waals surface area contributed by atoms with Gasteiger partial charge in [-0.1, -0.05) is 36.4 Å². The Bertz CT molecular complexity index is 348. The Balaban J connectivity index is 2.49. The van der Waals surface area contributed by atoms with E-state index in [0.717, 1.165) is 0 Å². The van der Waals surface area contributed by atoms with Gasteiger partial charge in [-0.15, -0.1) is 0 Å². The molecule has 0 amide bonds. The fourth-order valence-corrected chi connectivity index (χ4v) is 1.37. The zero-order valence-electron chi connectivity index (χ0n) is 6.70. The van der Waals surface area contributed by atoms with Crippen LogP contribution in [0.5, 0.6) is 0 Å². The van der Waals surface area contributed by atoms with Gasteiger partial charge in [0, 0.05) is 6.42 Å². The van der Waals surface area contributed by atoms with Crippen molar-refractivity contribution in [3.63, 3.8) is 0 Å². The third-order valence-corrected chi connectivity index (χ3v) is 1.99. The number of aliphatic hydroxyl groups is 1. The van der Waals surface area contributed by atoms with Gasteiger partial charge >= 0.3 is 0 Å². The predicted molar refractivity (Wildman–Crippen MR) is 49.9 cm³/mol. The number of hydrogen-bond acceptors (Lipinski definition) is 1. The average molecular weight is 158 g/mol. The normalized spacial score (nSPS) is 14.8. The summed E-state index contributed by atoms with van der Waals surface area (Å²) < 4.78 is 0. The predicted octanol–water partition coefficient (Wildman–Crippen LogP) is 2.70. The molecule has 0 saturated heterocycles. The maximum atomic E-state index is 9.35. The first-order chi connectivity index (χ1) is 5.86. The van der Waals surface area contributed by atoms with Crippen molar-refractivity contribution < 1.29 is 5.11 Å². The van der Waals surface area contributed by atoms with Crippen LogP contribution < -0.4 is 0 Å². The second-order valence-corrected chi connectivity index (χ2v) is 2.89. The van der Waals surface area contributed by atoms with Gasteiger partial charge in [0.2, 0.25) is 0 Å². The highest BCUT2D eigenvalue weighted by atomic mass is 16.3. The van der Waals surface area contributed by atoms with Crippen LogP contribution in [-0.2, 0) is 6.42 Å². The Morgan fingerprint density at radius 3 is 2.92 bits per heavy atom. The average Bonchev–Trinajstić information content (AvgIpc) is 2.25. The fraction of sp³-hybridized carbons (Fsp3) is 0.0909. The van der Waals surface area contributed by atoms with E-state index >= 15 is 0 Å². The molecule has 0 heterocycles. The molecule has 12 heavy (non-hydrogen) atoms. The summed E-state index contributed by atoms with van der Waals surface area (Å²) in [5, 5.41) is 9.35. The summed E-state index contributed by atoms with van der Waals surface area (Å²) in [6, 6.07) is 8.09. The van der Waals surface area contributed by atoms with E-state index in [0.29, 0.717) is 12.2 Å². The molecule has 0 fully saturated rings. The second-order valence-electron chi connectivity index (χ2n) is 2.89. The Kier molecular flexibility index (Phi) is 1.71. The van der Waals surface area contributed by atoms with Crippen molar-refractivity contribution in [1.82, 2.24) is 0 Å².